The molecule has 0 saturated carbocycles. The summed E-state index contributed by atoms with van der Waals surface area (Å²) < 4.78 is 5.12. The monoisotopic (exact) mass is 305 g/mol. The third-order valence-electron chi connectivity index (χ3n) is 2.35. The Balaban J connectivity index is 0.00000162. The lowest BCUT2D eigenvalue weighted by molar-refractivity contribution is -0.00000391. The summed E-state index contributed by atoms with van der Waals surface area (Å²) >= 11 is 0. The van der Waals surface area contributed by atoms with E-state index in [0.29, 0.717) is 11.4 Å². The first-order valence-corrected chi connectivity index (χ1v) is 5.18. The van der Waals surface area contributed by atoms with Crippen molar-refractivity contribution in [1.29, 1.82) is 5.39 Å². The highest BCUT2D eigenvalue weighted by molar-refractivity contribution is 5.68. The van der Waals surface area contributed by atoms with E-state index in [-0.39, 0.29) is 17.0 Å². The zero-order valence-corrected chi connectivity index (χ0v) is 11.4. The molecule has 0 amide bonds. The van der Waals surface area contributed by atoms with Gasteiger partial charge in [-0.05, 0) is 18.2 Å². The molecule has 0 radical (unpaired) electrons. The Labute approximate surface area is 116 Å². The molecule has 0 unspecified atom stereocenters. The molecule has 92 valence electrons. The van der Waals surface area contributed by atoms with Crippen LogP contribution in [-0.2, 0) is 0 Å². The lowest BCUT2D eigenvalue weighted by atomic mass is 10.2. The number of ether oxygens (including phenoxy) is 1. The normalized spacial score (nSPS) is 8.89. The van der Waals surface area contributed by atoms with Crippen LogP contribution in [0.2, 0.25) is 0 Å². The number of rotatable bonds is 3. The zero-order valence-electron chi connectivity index (χ0n) is 9.80. The molecule has 0 aliphatic heterocycles. The van der Waals surface area contributed by atoms with Crippen LogP contribution in [0.1, 0.15) is 0 Å². The zero-order chi connectivity index (χ0) is 12.1. The van der Waals surface area contributed by atoms with Crippen LogP contribution in [-0.4, -0.2) is 7.11 Å². The standard InChI is InChI=1S/C13H12N3O.BrH/c1-17-13-9-11(7-8-12(13)16-14)15-10-5-3-2-4-6-10;/h2-9,15H,1H3;1H/q+1;/p-1. The number of diazo groups is 1. The molecular formula is C13H12BrN3O. The predicted molar refractivity (Wildman–Crippen MR) is 67.5 cm³/mol. The minimum absolute atomic E-state index is 0. The third-order valence-corrected chi connectivity index (χ3v) is 2.35. The van der Waals surface area contributed by atoms with E-state index < -0.39 is 0 Å². The maximum Gasteiger partial charge on any atom is 0.426 e. The Morgan fingerprint density at radius 2 is 1.78 bits per heavy atom. The SMILES string of the molecule is COc1cc(Nc2ccccc2)ccc1[N+]#N.[Br-]. The van der Waals surface area contributed by atoms with Gasteiger partial charge in [0.05, 0.1) is 7.11 Å². The number of anilines is 2. The van der Waals surface area contributed by atoms with Gasteiger partial charge in [0.1, 0.15) is 0 Å². The van der Waals surface area contributed by atoms with Crippen LogP contribution >= 0.6 is 0 Å². The number of hydrogen-bond acceptors (Lipinski definition) is 3. The molecule has 18 heavy (non-hydrogen) atoms. The van der Waals surface area contributed by atoms with E-state index >= 15 is 0 Å². The van der Waals surface area contributed by atoms with Gasteiger partial charge in [-0.15, -0.1) is 0 Å². The first-order valence-electron chi connectivity index (χ1n) is 5.18. The van der Waals surface area contributed by atoms with Gasteiger partial charge < -0.3 is 27.0 Å². The minimum atomic E-state index is 0. The largest absolute Gasteiger partial charge is 1.00 e. The van der Waals surface area contributed by atoms with Crippen molar-refractivity contribution >= 4 is 17.1 Å². The van der Waals surface area contributed by atoms with Gasteiger partial charge in [0.25, 0.3) is 0 Å². The Hall–Kier alpha value is -2.06. The van der Waals surface area contributed by atoms with Crippen LogP contribution in [0.15, 0.2) is 48.5 Å². The molecule has 2 aromatic rings. The fourth-order valence-corrected chi connectivity index (χ4v) is 1.53. The van der Waals surface area contributed by atoms with Crippen molar-refractivity contribution in [3.63, 3.8) is 0 Å². The van der Waals surface area contributed by atoms with E-state index in [9.17, 15) is 0 Å². The van der Waals surface area contributed by atoms with E-state index in [1.165, 1.54) is 7.11 Å². The minimum Gasteiger partial charge on any atom is -1.00 e. The third kappa shape index (κ3) is 3.22. The van der Waals surface area contributed by atoms with Crippen LogP contribution in [0.5, 0.6) is 5.75 Å². The summed E-state index contributed by atoms with van der Waals surface area (Å²) in [5.41, 5.74) is 2.27. The molecule has 0 spiro atoms. The number of hydrogen-bond donors (Lipinski definition) is 1. The van der Waals surface area contributed by atoms with Gasteiger partial charge >= 0.3 is 5.69 Å². The van der Waals surface area contributed by atoms with Gasteiger partial charge in [-0.25, -0.2) is 0 Å². The summed E-state index contributed by atoms with van der Waals surface area (Å²) in [6.45, 7) is 0. The quantitative estimate of drug-likeness (QED) is 0.858. The van der Waals surface area contributed by atoms with Gasteiger partial charge in [0.2, 0.25) is 11.1 Å². The molecule has 0 heterocycles. The topological polar surface area (TPSA) is 49.4 Å². The second kappa shape index (κ2) is 6.62. The number of benzene rings is 2. The molecule has 0 aromatic heterocycles. The molecule has 5 heteroatoms. The van der Waals surface area contributed by atoms with Gasteiger partial charge in [-0.3, -0.25) is 0 Å². The highest BCUT2D eigenvalue weighted by Gasteiger charge is 2.14. The fraction of sp³-hybridized carbons (Fsp3) is 0.0769. The maximum absolute atomic E-state index is 8.75. The highest BCUT2D eigenvalue weighted by Crippen LogP contribution is 2.31. The fourth-order valence-electron chi connectivity index (χ4n) is 1.53. The molecule has 0 aliphatic rings. The summed E-state index contributed by atoms with van der Waals surface area (Å²) in [6, 6.07) is 15.1. The number of nitrogens with one attached hydrogen (secondary N) is 1. The van der Waals surface area contributed by atoms with Crippen LogP contribution < -0.4 is 27.0 Å². The molecule has 2 aromatic carbocycles. The van der Waals surface area contributed by atoms with E-state index in [4.69, 9.17) is 10.1 Å². The number of para-hydroxylation sites is 1. The van der Waals surface area contributed by atoms with Crippen molar-refractivity contribution in [3.05, 3.63) is 53.5 Å². The number of nitrogens with zero attached hydrogens (tertiary/aromatic N) is 2. The van der Waals surface area contributed by atoms with Crippen molar-refractivity contribution in [3.8, 4) is 5.75 Å². The summed E-state index contributed by atoms with van der Waals surface area (Å²) in [7, 11) is 1.54. The lowest BCUT2D eigenvalue weighted by Gasteiger charge is -2.06. The Morgan fingerprint density at radius 3 is 2.39 bits per heavy atom. The molecule has 0 aliphatic carbocycles. The van der Waals surface area contributed by atoms with E-state index in [2.05, 4.69) is 10.3 Å². The molecule has 0 fully saturated rings. The maximum atomic E-state index is 8.75. The van der Waals surface area contributed by atoms with Crippen molar-refractivity contribution in [2.45, 2.75) is 0 Å². The molecule has 2 rings (SSSR count). The van der Waals surface area contributed by atoms with Crippen LogP contribution in [0.25, 0.3) is 4.98 Å². The van der Waals surface area contributed by atoms with E-state index in [0.717, 1.165) is 11.4 Å². The van der Waals surface area contributed by atoms with Crippen LogP contribution in [0, 0.1) is 5.39 Å². The average molecular weight is 306 g/mol. The average Bonchev–Trinajstić information content (AvgIpc) is 2.40. The lowest BCUT2D eigenvalue weighted by Crippen LogP contribution is -3.00. The molecule has 1 N–H and O–H groups in total. The Morgan fingerprint density at radius 1 is 1.06 bits per heavy atom. The smallest absolute Gasteiger partial charge is 0.426 e. The summed E-state index contributed by atoms with van der Waals surface area (Å²) in [4.78, 5) is 3.14. The van der Waals surface area contributed by atoms with E-state index in [1.54, 1.807) is 12.1 Å². The second-order valence-electron chi connectivity index (χ2n) is 3.48. The number of methoxy groups -OCH3 is 1. The number of halogens is 1. The summed E-state index contributed by atoms with van der Waals surface area (Å²) in [5, 5.41) is 12.0. The predicted octanol–water partition coefficient (Wildman–Crippen LogP) is 0.927. The molecule has 0 bridgehead atoms. The van der Waals surface area contributed by atoms with Gasteiger partial charge in [0, 0.05) is 23.5 Å². The molecule has 0 atom stereocenters. The van der Waals surface area contributed by atoms with Crippen molar-refractivity contribution < 1.29 is 21.7 Å². The molecule has 0 saturated heterocycles. The summed E-state index contributed by atoms with van der Waals surface area (Å²) in [6.07, 6.45) is 0. The Kier molecular flexibility index (Phi) is 5.15. The van der Waals surface area contributed by atoms with Gasteiger partial charge in [-0.1, -0.05) is 18.2 Å². The second-order valence-corrected chi connectivity index (χ2v) is 3.48. The van der Waals surface area contributed by atoms with Crippen molar-refractivity contribution in [1.82, 2.24) is 0 Å². The first kappa shape index (κ1) is 14.0. The van der Waals surface area contributed by atoms with Crippen molar-refractivity contribution in [2.24, 2.45) is 0 Å². The van der Waals surface area contributed by atoms with E-state index in [1.807, 2.05) is 36.4 Å². The molecule has 4 nitrogen and oxygen atoms in total. The Bertz CT molecular complexity index is 552. The molecular weight excluding hydrogens is 294 g/mol. The highest BCUT2D eigenvalue weighted by atomic mass is 79.9. The van der Waals surface area contributed by atoms with Gasteiger partial charge in [-0.2, -0.15) is 0 Å². The van der Waals surface area contributed by atoms with Gasteiger partial charge in [0.15, 0.2) is 4.98 Å². The first-order chi connectivity index (χ1) is 8.33. The van der Waals surface area contributed by atoms with Crippen molar-refractivity contribution in [2.75, 3.05) is 12.4 Å². The van der Waals surface area contributed by atoms with Crippen LogP contribution in [0.3, 0.4) is 0 Å². The summed E-state index contributed by atoms with van der Waals surface area (Å²) in [5.74, 6) is 0.522. The van der Waals surface area contributed by atoms with Crippen LogP contribution in [0.4, 0.5) is 17.1 Å².